The fourth-order valence-electron chi connectivity index (χ4n) is 3.08. The van der Waals surface area contributed by atoms with Gasteiger partial charge in [-0.1, -0.05) is 19.1 Å². The van der Waals surface area contributed by atoms with E-state index >= 15 is 0 Å². The van der Waals surface area contributed by atoms with Crippen molar-refractivity contribution in [1.29, 1.82) is 0 Å². The van der Waals surface area contributed by atoms with Gasteiger partial charge in [0.1, 0.15) is 12.1 Å². The molecular weight excluding hydrogens is 305 g/mol. The summed E-state index contributed by atoms with van der Waals surface area (Å²) in [5, 5.41) is 9.59. The lowest BCUT2D eigenvalue weighted by atomic mass is 9.90. The van der Waals surface area contributed by atoms with Crippen molar-refractivity contribution in [1.82, 2.24) is 4.90 Å². The van der Waals surface area contributed by atoms with Crippen LogP contribution in [0, 0.1) is 11.2 Å². The number of halogens is 2. The quantitative estimate of drug-likeness (QED) is 0.618. The maximum Gasteiger partial charge on any atom is 0.127 e. The third-order valence-corrected chi connectivity index (χ3v) is 5.23. The first-order valence-electron chi connectivity index (χ1n) is 7.67. The number of aliphatic hydroxyl groups is 1. The maximum absolute atomic E-state index is 13.5. The van der Waals surface area contributed by atoms with Gasteiger partial charge in [0.25, 0.3) is 0 Å². The van der Waals surface area contributed by atoms with Crippen LogP contribution < -0.4 is 0 Å². The van der Waals surface area contributed by atoms with Crippen molar-refractivity contribution in [3.05, 3.63) is 35.6 Å². The van der Waals surface area contributed by atoms with E-state index in [0.717, 1.165) is 24.7 Å². The predicted molar refractivity (Wildman–Crippen MR) is 85.5 cm³/mol. The average Bonchev–Trinajstić information content (AvgIpc) is 2.95. The van der Waals surface area contributed by atoms with E-state index in [9.17, 15) is 14.3 Å². The van der Waals surface area contributed by atoms with Crippen LogP contribution in [-0.4, -0.2) is 41.4 Å². The van der Waals surface area contributed by atoms with E-state index in [2.05, 4.69) is 4.90 Å². The van der Waals surface area contributed by atoms with Gasteiger partial charge in [-0.2, -0.15) is 0 Å². The number of rotatable bonds is 7. The second kappa shape index (κ2) is 7.53. The van der Waals surface area contributed by atoms with Gasteiger partial charge in [-0.15, -0.1) is 11.6 Å². The zero-order valence-electron chi connectivity index (χ0n) is 12.8. The Morgan fingerprint density at radius 2 is 2.27 bits per heavy atom. The van der Waals surface area contributed by atoms with Crippen LogP contribution >= 0.6 is 11.6 Å². The van der Waals surface area contributed by atoms with Gasteiger partial charge in [0.05, 0.1) is 6.61 Å². The van der Waals surface area contributed by atoms with Gasteiger partial charge in [-0.05, 0) is 37.0 Å². The van der Waals surface area contributed by atoms with Crippen molar-refractivity contribution < 1.29 is 14.3 Å². The van der Waals surface area contributed by atoms with Crippen LogP contribution in [0.5, 0.6) is 0 Å². The SMILES string of the molecule is CC(C=O)(CCl)CCN1[C@@H](CO)CC[C@H]1c1cccc(F)c1. The lowest BCUT2D eigenvalue weighted by Gasteiger charge is -2.32. The topological polar surface area (TPSA) is 40.5 Å². The second-order valence-electron chi connectivity index (χ2n) is 6.38. The summed E-state index contributed by atoms with van der Waals surface area (Å²) in [6.45, 7) is 2.58. The van der Waals surface area contributed by atoms with Crippen LogP contribution in [0.15, 0.2) is 24.3 Å². The molecule has 122 valence electrons. The minimum absolute atomic E-state index is 0.0551. The summed E-state index contributed by atoms with van der Waals surface area (Å²) in [6, 6.07) is 6.75. The fourth-order valence-corrected chi connectivity index (χ4v) is 3.28. The van der Waals surface area contributed by atoms with E-state index in [0.29, 0.717) is 13.0 Å². The number of hydrogen-bond acceptors (Lipinski definition) is 3. The smallest absolute Gasteiger partial charge is 0.127 e. The van der Waals surface area contributed by atoms with Crippen molar-refractivity contribution in [2.24, 2.45) is 5.41 Å². The first-order valence-corrected chi connectivity index (χ1v) is 8.21. The number of nitrogens with zero attached hydrogens (tertiary/aromatic N) is 1. The minimum Gasteiger partial charge on any atom is -0.395 e. The molecule has 1 heterocycles. The summed E-state index contributed by atoms with van der Waals surface area (Å²) in [6.07, 6.45) is 3.28. The van der Waals surface area contributed by atoms with Crippen LogP contribution in [0.1, 0.15) is 37.8 Å². The molecule has 0 bridgehead atoms. The van der Waals surface area contributed by atoms with Gasteiger partial charge in [-0.25, -0.2) is 4.39 Å². The largest absolute Gasteiger partial charge is 0.395 e. The molecule has 5 heteroatoms. The molecule has 2 rings (SSSR count). The first kappa shape index (κ1) is 17.4. The number of alkyl halides is 1. The molecule has 1 aromatic rings. The normalized spacial score (nSPS) is 25.1. The van der Waals surface area contributed by atoms with E-state index in [1.807, 2.05) is 13.0 Å². The molecule has 0 saturated carbocycles. The summed E-state index contributed by atoms with van der Waals surface area (Å²) >= 11 is 5.89. The highest BCUT2D eigenvalue weighted by molar-refractivity contribution is 6.19. The number of carbonyl (C=O) groups is 1. The molecule has 0 spiro atoms. The fraction of sp³-hybridized carbons (Fsp3) is 0.588. The van der Waals surface area contributed by atoms with Crippen LogP contribution in [0.4, 0.5) is 4.39 Å². The van der Waals surface area contributed by atoms with Crippen molar-refractivity contribution in [3.63, 3.8) is 0 Å². The number of aldehydes is 1. The van der Waals surface area contributed by atoms with Crippen molar-refractivity contribution >= 4 is 17.9 Å². The Labute approximate surface area is 136 Å². The van der Waals surface area contributed by atoms with Gasteiger partial charge >= 0.3 is 0 Å². The Morgan fingerprint density at radius 3 is 2.86 bits per heavy atom. The van der Waals surface area contributed by atoms with E-state index in [-0.39, 0.29) is 30.4 Å². The number of benzene rings is 1. The first-order chi connectivity index (χ1) is 10.5. The van der Waals surface area contributed by atoms with E-state index < -0.39 is 5.41 Å². The minimum atomic E-state index is -0.559. The van der Waals surface area contributed by atoms with E-state index in [4.69, 9.17) is 11.6 Å². The highest BCUT2D eigenvalue weighted by Gasteiger charge is 2.35. The summed E-state index contributed by atoms with van der Waals surface area (Å²) in [7, 11) is 0. The predicted octanol–water partition coefficient (Wildman–Crippen LogP) is 3.16. The summed E-state index contributed by atoms with van der Waals surface area (Å²) in [5.41, 5.74) is 0.367. The third-order valence-electron chi connectivity index (χ3n) is 4.62. The summed E-state index contributed by atoms with van der Waals surface area (Å²) in [5.74, 6) is 0.0297. The zero-order valence-corrected chi connectivity index (χ0v) is 13.6. The molecule has 0 radical (unpaired) electrons. The Balaban J connectivity index is 2.14. The van der Waals surface area contributed by atoms with E-state index in [1.165, 1.54) is 6.07 Å². The van der Waals surface area contributed by atoms with E-state index in [1.54, 1.807) is 12.1 Å². The molecule has 1 aliphatic heterocycles. The molecule has 1 fully saturated rings. The summed E-state index contributed by atoms with van der Waals surface area (Å²) < 4.78 is 13.5. The average molecular weight is 328 g/mol. The van der Waals surface area contributed by atoms with Crippen LogP contribution in [0.3, 0.4) is 0 Å². The Hall–Kier alpha value is -0.970. The van der Waals surface area contributed by atoms with Gasteiger partial charge in [0.2, 0.25) is 0 Å². The molecular formula is C17H23ClFNO2. The van der Waals surface area contributed by atoms with Crippen molar-refractivity contribution in [2.75, 3.05) is 19.0 Å². The lowest BCUT2D eigenvalue weighted by Crippen LogP contribution is -2.37. The molecule has 1 N–H and O–H groups in total. The molecule has 1 saturated heterocycles. The molecule has 0 aromatic heterocycles. The highest BCUT2D eigenvalue weighted by Crippen LogP contribution is 2.37. The molecule has 3 atom stereocenters. The molecule has 1 aliphatic rings. The monoisotopic (exact) mass is 327 g/mol. The number of aliphatic hydroxyl groups excluding tert-OH is 1. The zero-order chi connectivity index (χ0) is 16.2. The van der Waals surface area contributed by atoms with Gasteiger partial charge in [0.15, 0.2) is 0 Å². The standard InChI is InChI=1S/C17H23ClFNO2/c1-17(11-18,12-22)7-8-20-15(10-21)5-6-16(20)13-3-2-4-14(19)9-13/h2-4,9,12,15-16,21H,5-8,10-11H2,1H3/t15-,16+,17?/m1/s1. The summed E-state index contributed by atoms with van der Waals surface area (Å²) in [4.78, 5) is 13.4. The van der Waals surface area contributed by atoms with Gasteiger partial charge in [0, 0.05) is 29.9 Å². The molecule has 0 aliphatic carbocycles. The van der Waals surface area contributed by atoms with Crippen molar-refractivity contribution in [3.8, 4) is 0 Å². The van der Waals surface area contributed by atoms with Crippen LogP contribution in [0.2, 0.25) is 0 Å². The van der Waals surface area contributed by atoms with Gasteiger partial charge < -0.3 is 9.90 Å². The molecule has 22 heavy (non-hydrogen) atoms. The second-order valence-corrected chi connectivity index (χ2v) is 6.65. The Kier molecular flexibility index (Phi) is 5.95. The molecule has 1 unspecified atom stereocenters. The van der Waals surface area contributed by atoms with Gasteiger partial charge in [-0.3, -0.25) is 4.90 Å². The van der Waals surface area contributed by atoms with Crippen LogP contribution in [-0.2, 0) is 4.79 Å². The third kappa shape index (κ3) is 3.86. The Bertz CT molecular complexity index is 513. The lowest BCUT2D eigenvalue weighted by molar-refractivity contribution is -0.115. The van der Waals surface area contributed by atoms with Crippen molar-refractivity contribution in [2.45, 2.75) is 38.3 Å². The molecule has 3 nitrogen and oxygen atoms in total. The molecule has 0 amide bonds. The number of carbonyl (C=O) groups excluding carboxylic acids is 1. The Morgan fingerprint density at radius 1 is 1.50 bits per heavy atom. The highest BCUT2D eigenvalue weighted by atomic mass is 35.5. The van der Waals surface area contributed by atoms with Crippen LogP contribution in [0.25, 0.3) is 0 Å². The maximum atomic E-state index is 13.5. The number of hydrogen-bond donors (Lipinski definition) is 1. The number of likely N-dealkylation sites (tertiary alicyclic amines) is 1. The molecule has 1 aromatic carbocycles.